The van der Waals surface area contributed by atoms with Crippen LogP contribution in [0.3, 0.4) is 0 Å². The number of hydrogen-bond donors (Lipinski definition) is 3. The van der Waals surface area contributed by atoms with Crippen molar-refractivity contribution >= 4 is 28.1 Å². The first kappa shape index (κ1) is 18.4. The Balaban J connectivity index is 1.90. The van der Waals surface area contributed by atoms with Gasteiger partial charge in [-0.2, -0.15) is 0 Å². The Bertz CT molecular complexity index is 1280. The molecule has 2 heterocycles. The van der Waals surface area contributed by atoms with Crippen molar-refractivity contribution in [2.75, 3.05) is 16.8 Å². The fraction of sp³-hybridized carbons (Fsp3) is 0.0952. The number of benzene rings is 2. The standard InChI is InChI=1S/C21H19FN6O/c1-12-5-4-6-13-9-14(10-25-20-18(23)19(24)26-11-27-20)28(21(29)17(12)13)16-8-3-2-7-15(16)22/h2-9,11H,10,23H2,1H3,(H3,24,25,26,27). The lowest BCUT2D eigenvalue weighted by molar-refractivity contribution is 0.614. The maximum atomic E-state index is 14.6. The molecule has 0 aliphatic carbocycles. The normalized spacial score (nSPS) is 11.0. The maximum absolute atomic E-state index is 14.6. The number of nitrogen functional groups attached to an aromatic ring is 2. The van der Waals surface area contributed by atoms with Crippen LogP contribution in [0.15, 0.2) is 59.7 Å². The first-order valence-electron chi connectivity index (χ1n) is 8.96. The Kier molecular flexibility index (Phi) is 4.59. The fourth-order valence-corrected chi connectivity index (χ4v) is 3.34. The molecule has 0 radical (unpaired) electrons. The van der Waals surface area contributed by atoms with Gasteiger partial charge in [0.05, 0.1) is 17.6 Å². The summed E-state index contributed by atoms with van der Waals surface area (Å²) in [5.41, 5.74) is 13.1. The van der Waals surface area contributed by atoms with Gasteiger partial charge in [-0.15, -0.1) is 0 Å². The van der Waals surface area contributed by atoms with Gasteiger partial charge in [-0.3, -0.25) is 9.36 Å². The Hall–Kier alpha value is -3.94. The molecule has 0 fully saturated rings. The number of halogens is 1. The number of pyridine rings is 1. The Labute approximate surface area is 165 Å². The molecule has 5 N–H and O–H groups in total. The van der Waals surface area contributed by atoms with Crippen molar-refractivity contribution in [1.29, 1.82) is 0 Å². The third-order valence-corrected chi connectivity index (χ3v) is 4.78. The number of para-hydroxylation sites is 1. The molecule has 0 saturated carbocycles. The summed E-state index contributed by atoms with van der Waals surface area (Å²) in [5.74, 6) is 0.00656. The van der Waals surface area contributed by atoms with Crippen LogP contribution in [0.25, 0.3) is 16.5 Å². The summed E-state index contributed by atoms with van der Waals surface area (Å²) in [7, 11) is 0. The number of nitrogens with one attached hydrogen (secondary N) is 1. The van der Waals surface area contributed by atoms with Crippen LogP contribution in [0.5, 0.6) is 0 Å². The van der Waals surface area contributed by atoms with E-state index in [1.165, 1.54) is 17.0 Å². The molecule has 146 valence electrons. The Morgan fingerprint density at radius 1 is 1.10 bits per heavy atom. The molecule has 0 aliphatic heterocycles. The number of anilines is 3. The van der Waals surface area contributed by atoms with Crippen LogP contribution >= 0.6 is 0 Å². The molecule has 29 heavy (non-hydrogen) atoms. The van der Waals surface area contributed by atoms with Gasteiger partial charge < -0.3 is 16.8 Å². The summed E-state index contributed by atoms with van der Waals surface area (Å²) in [6, 6.07) is 13.6. The van der Waals surface area contributed by atoms with Gasteiger partial charge >= 0.3 is 0 Å². The summed E-state index contributed by atoms with van der Waals surface area (Å²) >= 11 is 0. The zero-order chi connectivity index (χ0) is 20.5. The van der Waals surface area contributed by atoms with Gasteiger partial charge in [-0.25, -0.2) is 14.4 Å². The molecule has 0 aliphatic rings. The first-order chi connectivity index (χ1) is 14.0. The second-order valence-electron chi connectivity index (χ2n) is 6.64. The quantitative estimate of drug-likeness (QED) is 0.494. The van der Waals surface area contributed by atoms with Crippen molar-refractivity contribution in [2.45, 2.75) is 13.5 Å². The molecule has 0 saturated heterocycles. The van der Waals surface area contributed by atoms with Crippen LogP contribution in [0.1, 0.15) is 11.3 Å². The number of hydrogen-bond acceptors (Lipinski definition) is 6. The van der Waals surface area contributed by atoms with Gasteiger partial charge in [-0.05, 0) is 36.1 Å². The topological polar surface area (TPSA) is 112 Å². The monoisotopic (exact) mass is 390 g/mol. The van der Waals surface area contributed by atoms with E-state index in [4.69, 9.17) is 11.5 Å². The number of nitrogens with zero attached hydrogens (tertiary/aromatic N) is 3. The molecular formula is C21H19FN6O. The number of rotatable bonds is 4. The van der Waals surface area contributed by atoms with Gasteiger partial charge in [0, 0.05) is 5.69 Å². The van der Waals surface area contributed by atoms with Crippen molar-refractivity contribution < 1.29 is 4.39 Å². The van der Waals surface area contributed by atoms with E-state index in [2.05, 4.69) is 15.3 Å². The fourth-order valence-electron chi connectivity index (χ4n) is 3.34. The molecule has 0 bridgehead atoms. The summed E-state index contributed by atoms with van der Waals surface area (Å²) < 4.78 is 16.0. The number of aryl methyl sites for hydroxylation is 1. The SMILES string of the molecule is Cc1cccc2cc(CNc3ncnc(N)c3N)n(-c3ccccc3F)c(=O)c12. The molecule has 0 unspecified atom stereocenters. The minimum absolute atomic E-state index is 0.156. The van der Waals surface area contributed by atoms with Gasteiger partial charge in [0.2, 0.25) is 0 Å². The highest BCUT2D eigenvalue weighted by atomic mass is 19.1. The van der Waals surface area contributed by atoms with Gasteiger partial charge in [0.25, 0.3) is 5.56 Å². The third kappa shape index (κ3) is 3.25. The summed E-state index contributed by atoms with van der Waals surface area (Å²) in [6.07, 6.45) is 1.29. The second kappa shape index (κ2) is 7.23. The van der Waals surface area contributed by atoms with E-state index in [0.29, 0.717) is 16.9 Å². The Morgan fingerprint density at radius 3 is 2.69 bits per heavy atom. The largest absolute Gasteiger partial charge is 0.393 e. The number of fused-ring (bicyclic) bond motifs is 1. The summed E-state index contributed by atoms with van der Waals surface area (Å²) in [6.45, 7) is 2.03. The molecule has 0 atom stereocenters. The zero-order valence-electron chi connectivity index (χ0n) is 15.7. The molecule has 4 rings (SSSR count). The highest BCUT2D eigenvalue weighted by Crippen LogP contribution is 2.23. The lowest BCUT2D eigenvalue weighted by Crippen LogP contribution is -2.25. The van der Waals surface area contributed by atoms with Crippen molar-refractivity contribution in [3.63, 3.8) is 0 Å². The van der Waals surface area contributed by atoms with Crippen LogP contribution in [0.2, 0.25) is 0 Å². The molecule has 0 spiro atoms. The van der Waals surface area contributed by atoms with Crippen molar-refractivity contribution in [3.8, 4) is 5.69 Å². The lowest BCUT2D eigenvalue weighted by Gasteiger charge is -2.17. The van der Waals surface area contributed by atoms with E-state index in [-0.39, 0.29) is 29.3 Å². The predicted octanol–water partition coefficient (Wildman–Crippen LogP) is 3.00. The van der Waals surface area contributed by atoms with Gasteiger partial charge in [-0.1, -0.05) is 30.3 Å². The minimum Gasteiger partial charge on any atom is -0.393 e. The van der Waals surface area contributed by atoms with E-state index in [1.807, 2.05) is 31.2 Å². The van der Waals surface area contributed by atoms with E-state index in [9.17, 15) is 9.18 Å². The third-order valence-electron chi connectivity index (χ3n) is 4.78. The van der Waals surface area contributed by atoms with Crippen molar-refractivity contribution in [3.05, 3.63) is 82.3 Å². The maximum Gasteiger partial charge on any atom is 0.263 e. The average molecular weight is 390 g/mol. The Morgan fingerprint density at radius 2 is 1.90 bits per heavy atom. The minimum atomic E-state index is -0.491. The van der Waals surface area contributed by atoms with E-state index in [0.717, 1.165) is 10.9 Å². The molecule has 0 amide bonds. The highest BCUT2D eigenvalue weighted by molar-refractivity contribution is 5.85. The lowest BCUT2D eigenvalue weighted by atomic mass is 10.1. The second-order valence-corrected chi connectivity index (χ2v) is 6.64. The number of nitrogens with two attached hydrogens (primary N) is 2. The van der Waals surface area contributed by atoms with Gasteiger partial charge in [0.15, 0.2) is 11.6 Å². The summed E-state index contributed by atoms with van der Waals surface area (Å²) in [5, 5.41) is 4.39. The van der Waals surface area contributed by atoms with Crippen LogP contribution in [-0.2, 0) is 6.54 Å². The first-order valence-corrected chi connectivity index (χ1v) is 8.96. The average Bonchev–Trinajstić information content (AvgIpc) is 2.70. The van der Waals surface area contributed by atoms with Crippen molar-refractivity contribution in [1.82, 2.24) is 14.5 Å². The zero-order valence-corrected chi connectivity index (χ0v) is 15.7. The molecule has 8 heteroatoms. The van der Waals surface area contributed by atoms with Crippen LogP contribution < -0.4 is 22.3 Å². The summed E-state index contributed by atoms with van der Waals surface area (Å²) in [4.78, 5) is 21.3. The highest BCUT2D eigenvalue weighted by Gasteiger charge is 2.16. The van der Waals surface area contributed by atoms with Crippen LogP contribution in [0.4, 0.5) is 21.7 Å². The van der Waals surface area contributed by atoms with E-state index < -0.39 is 5.82 Å². The number of aromatic nitrogens is 3. The molecular weight excluding hydrogens is 371 g/mol. The van der Waals surface area contributed by atoms with Crippen LogP contribution in [-0.4, -0.2) is 14.5 Å². The van der Waals surface area contributed by atoms with Crippen molar-refractivity contribution in [2.24, 2.45) is 0 Å². The smallest absolute Gasteiger partial charge is 0.263 e. The molecule has 7 nitrogen and oxygen atoms in total. The molecule has 2 aromatic heterocycles. The molecule has 2 aromatic carbocycles. The molecule has 4 aromatic rings. The van der Waals surface area contributed by atoms with Crippen LogP contribution in [0, 0.1) is 12.7 Å². The predicted molar refractivity (Wildman–Crippen MR) is 112 cm³/mol. The van der Waals surface area contributed by atoms with Gasteiger partial charge in [0.1, 0.15) is 17.8 Å². The van der Waals surface area contributed by atoms with E-state index in [1.54, 1.807) is 18.2 Å². The van der Waals surface area contributed by atoms with E-state index >= 15 is 0 Å².